The molecule has 2 N–H and O–H groups in total. The maximum Gasteiger partial charge on any atom is 0.335 e. The van der Waals surface area contributed by atoms with Crippen molar-refractivity contribution < 1.29 is 14.7 Å². The zero-order valence-corrected chi connectivity index (χ0v) is 10.2. The van der Waals surface area contributed by atoms with Crippen LogP contribution in [0.25, 0.3) is 11.0 Å². The summed E-state index contributed by atoms with van der Waals surface area (Å²) in [6, 6.07) is 5.01. The van der Waals surface area contributed by atoms with Crippen LogP contribution in [0, 0.1) is 0 Å². The molecule has 2 aromatic rings. The summed E-state index contributed by atoms with van der Waals surface area (Å²) in [4.78, 5) is 26.8. The van der Waals surface area contributed by atoms with E-state index in [0.29, 0.717) is 17.1 Å². The Bertz CT molecular complexity index is 658. The van der Waals surface area contributed by atoms with E-state index in [4.69, 9.17) is 5.11 Å². The van der Waals surface area contributed by atoms with E-state index >= 15 is 0 Å². The summed E-state index contributed by atoms with van der Waals surface area (Å²) >= 11 is 0. The molecule has 6 heteroatoms. The normalized spacial score (nSPS) is 14.5. The van der Waals surface area contributed by atoms with Crippen LogP contribution in [0.1, 0.15) is 23.2 Å². The van der Waals surface area contributed by atoms with Gasteiger partial charge in [-0.15, -0.1) is 0 Å². The van der Waals surface area contributed by atoms with Crippen LogP contribution in [0.4, 0.5) is 0 Å². The highest BCUT2D eigenvalue weighted by atomic mass is 16.4. The van der Waals surface area contributed by atoms with E-state index < -0.39 is 5.97 Å². The van der Waals surface area contributed by atoms with Crippen molar-refractivity contribution in [3.63, 3.8) is 0 Å². The summed E-state index contributed by atoms with van der Waals surface area (Å²) in [6.45, 7) is 0.163. The minimum absolute atomic E-state index is 0.0671. The Kier molecular flexibility index (Phi) is 2.70. The Labute approximate surface area is 109 Å². The van der Waals surface area contributed by atoms with Crippen molar-refractivity contribution >= 4 is 22.9 Å². The first-order valence-corrected chi connectivity index (χ1v) is 6.11. The molecule has 1 saturated carbocycles. The molecule has 0 saturated heterocycles. The lowest BCUT2D eigenvalue weighted by Crippen LogP contribution is -2.29. The number of nitrogens with one attached hydrogen (secondary N) is 1. The van der Waals surface area contributed by atoms with E-state index in [9.17, 15) is 9.59 Å². The maximum atomic E-state index is 11.7. The van der Waals surface area contributed by atoms with E-state index in [-0.39, 0.29) is 18.0 Å². The number of imidazole rings is 1. The fourth-order valence-electron chi connectivity index (χ4n) is 1.97. The minimum Gasteiger partial charge on any atom is -0.478 e. The Morgan fingerprint density at radius 1 is 1.42 bits per heavy atom. The molecule has 19 heavy (non-hydrogen) atoms. The zero-order chi connectivity index (χ0) is 13.4. The van der Waals surface area contributed by atoms with Crippen molar-refractivity contribution in [3.05, 3.63) is 30.1 Å². The molecule has 1 aromatic heterocycles. The van der Waals surface area contributed by atoms with Crippen LogP contribution in [0.15, 0.2) is 24.5 Å². The van der Waals surface area contributed by atoms with Crippen LogP contribution < -0.4 is 5.32 Å². The third kappa shape index (κ3) is 2.42. The Hall–Kier alpha value is -2.37. The highest BCUT2D eigenvalue weighted by Crippen LogP contribution is 2.19. The molecule has 0 atom stereocenters. The van der Waals surface area contributed by atoms with Crippen molar-refractivity contribution in [2.45, 2.75) is 25.4 Å². The maximum absolute atomic E-state index is 11.7. The van der Waals surface area contributed by atoms with Gasteiger partial charge in [-0.25, -0.2) is 9.78 Å². The summed E-state index contributed by atoms with van der Waals surface area (Å²) in [5.41, 5.74) is 1.53. The van der Waals surface area contributed by atoms with Gasteiger partial charge in [0.25, 0.3) is 0 Å². The van der Waals surface area contributed by atoms with Gasteiger partial charge in [-0.05, 0) is 31.0 Å². The Balaban J connectivity index is 1.87. The highest BCUT2D eigenvalue weighted by molar-refractivity contribution is 5.92. The van der Waals surface area contributed by atoms with Crippen molar-refractivity contribution in [1.82, 2.24) is 14.9 Å². The molecular formula is C13H13N3O3. The number of rotatable bonds is 4. The molecule has 6 nitrogen and oxygen atoms in total. The molecule has 98 valence electrons. The molecule has 0 unspecified atom stereocenters. The average molecular weight is 259 g/mol. The molecule has 1 aromatic carbocycles. The first-order chi connectivity index (χ1) is 9.13. The van der Waals surface area contributed by atoms with Gasteiger partial charge in [0.05, 0.1) is 22.9 Å². The lowest BCUT2D eigenvalue weighted by atomic mass is 10.2. The molecule has 1 heterocycles. The number of carbonyl (C=O) groups is 2. The van der Waals surface area contributed by atoms with Gasteiger partial charge in [-0.2, -0.15) is 0 Å². The predicted molar refractivity (Wildman–Crippen MR) is 67.9 cm³/mol. The van der Waals surface area contributed by atoms with E-state index in [1.54, 1.807) is 17.0 Å². The average Bonchev–Trinajstić information content (AvgIpc) is 3.09. The van der Waals surface area contributed by atoms with Crippen LogP contribution in [-0.4, -0.2) is 32.6 Å². The third-order valence-electron chi connectivity index (χ3n) is 3.12. The molecule has 1 aliphatic rings. The SMILES string of the molecule is O=C(Cn1cnc2ccc(C(=O)O)cc21)NC1CC1. The zero-order valence-electron chi connectivity index (χ0n) is 10.2. The second kappa shape index (κ2) is 4.38. The van der Waals surface area contributed by atoms with Crippen molar-refractivity contribution in [2.75, 3.05) is 0 Å². The number of amides is 1. The van der Waals surface area contributed by atoms with Gasteiger partial charge in [0, 0.05) is 6.04 Å². The fraction of sp³-hybridized carbons (Fsp3) is 0.308. The molecule has 1 amide bonds. The predicted octanol–water partition coefficient (Wildman–Crippen LogP) is 1.01. The van der Waals surface area contributed by atoms with Gasteiger partial charge in [0.2, 0.25) is 5.91 Å². The topological polar surface area (TPSA) is 84.2 Å². The molecule has 0 bridgehead atoms. The number of nitrogens with zero attached hydrogens (tertiary/aromatic N) is 2. The van der Waals surface area contributed by atoms with Gasteiger partial charge >= 0.3 is 5.97 Å². The summed E-state index contributed by atoms with van der Waals surface area (Å²) in [7, 11) is 0. The molecule has 3 rings (SSSR count). The summed E-state index contributed by atoms with van der Waals surface area (Å²) in [5.74, 6) is -1.06. The highest BCUT2D eigenvalue weighted by Gasteiger charge is 2.23. The van der Waals surface area contributed by atoms with Gasteiger partial charge in [0.1, 0.15) is 6.54 Å². The van der Waals surface area contributed by atoms with E-state index in [0.717, 1.165) is 12.8 Å². The Morgan fingerprint density at radius 3 is 2.89 bits per heavy atom. The molecule has 1 aliphatic carbocycles. The first kappa shape index (κ1) is 11.7. The number of hydrogen-bond acceptors (Lipinski definition) is 3. The molecule has 0 aliphatic heterocycles. The van der Waals surface area contributed by atoms with Crippen LogP contribution in [0.2, 0.25) is 0 Å². The summed E-state index contributed by atoms with van der Waals surface area (Å²) < 4.78 is 1.67. The second-order valence-electron chi connectivity index (χ2n) is 4.72. The number of aromatic carboxylic acids is 1. The molecule has 1 fully saturated rings. The van der Waals surface area contributed by atoms with Gasteiger partial charge in [-0.3, -0.25) is 4.79 Å². The molecule has 0 radical (unpaired) electrons. The standard InChI is InChI=1S/C13H13N3O3/c17-12(15-9-2-3-9)6-16-7-14-10-4-1-8(13(18)19)5-11(10)16/h1,4-5,7,9H,2-3,6H2,(H,15,17)(H,18,19). The quantitative estimate of drug-likeness (QED) is 0.858. The van der Waals surface area contributed by atoms with Crippen LogP contribution >= 0.6 is 0 Å². The Morgan fingerprint density at radius 2 is 2.21 bits per heavy atom. The van der Waals surface area contributed by atoms with E-state index in [2.05, 4.69) is 10.3 Å². The van der Waals surface area contributed by atoms with Crippen molar-refractivity contribution in [1.29, 1.82) is 0 Å². The smallest absolute Gasteiger partial charge is 0.335 e. The summed E-state index contributed by atoms with van der Waals surface area (Å²) in [6.07, 6.45) is 3.64. The van der Waals surface area contributed by atoms with Crippen molar-refractivity contribution in [3.8, 4) is 0 Å². The van der Waals surface area contributed by atoms with Crippen LogP contribution in [-0.2, 0) is 11.3 Å². The largest absolute Gasteiger partial charge is 0.478 e. The van der Waals surface area contributed by atoms with Crippen LogP contribution in [0.5, 0.6) is 0 Å². The number of fused-ring (bicyclic) bond motifs is 1. The molecule has 0 spiro atoms. The number of benzene rings is 1. The van der Waals surface area contributed by atoms with E-state index in [1.165, 1.54) is 12.1 Å². The fourth-order valence-corrected chi connectivity index (χ4v) is 1.97. The monoisotopic (exact) mass is 259 g/mol. The number of carboxylic acids is 1. The third-order valence-corrected chi connectivity index (χ3v) is 3.12. The number of aromatic nitrogens is 2. The van der Waals surface area contributed by atoms with E-state index in [1.807, 2.05) is 0 Å². The second-order valence-corrected chi connectivity index (χ2v) is 4.72. The number of carbonyl (C=O) groups excluding carboxylic acids is 1. The first-order valence-electron chi connectivity index (χ1n) is 6.11. The number of hydrogen-bond donors (Lipinski definition) is 2. The van der Waals surface area contributed by atoms with Gasteiger partial charge in [-0.1, -0.05) is 0 Å². The van der Waals surface area contributed by atoms with Gasteiger partial charge in [0.15, 0.2) is 0 Å². The summed E-state index contributed by atoms with van der Waals surface area (Å²) in [5, 5.41) is 11.9. The minimum atomic E-state index is -0.989. The lowest BCUT2D eigenvalue weighted by Gasteiger charge is -2.05. The van der Waals surface area contributed by atoms with Crippen LogP contribution in [0.3, 0.4) is 0 Å². The van der Waals surface area contributed by atoms with Gasteiger partial charge < -0.3 is 15.0 Å². The van der Waals surface area contributed by atoms with Crippen molar-refractivity contribution in [2.24, 2.45) is 0 Å². The number of carboxylic acid groups (broad SMARTS) is 1. The molecular weight excluding hydrogens is 246 g/mol. The lowest BCUT2D eigenvalue weighted by molar-refractivity contribution is -0.121.